The van der Waals surface area contributed by atoms with Gasteiger partial charge in [0.15, 0.2) is 5.78 Å². The Bertz CT molecular complexity index is 584. The number of halogens is 2. The number of carbonyl (C=O) groups is 1. The SMILES string of the molecule is CCC(C(=O)c1ccc(Cl)cc1Cl)c1cccnc1. The van der Waals surface area contributed by atoms with E-state index in [1.807, 2.05) is 19.1 Å². The fourth-order valence-corrected chi connectivity index (χ4v) is 2.53. The van der Waals surface area contributed by atoms with Gasteiger partial charge in [-0.25, -0.2) is 0 Å². The second-order valence-corrected chi connectivity index (χ2v) is 5.08. The number of ketones is 1. The Morgan fingerprint density at radius 2 is 2.11 bits per heavy atom. The van der Waals surface area contributed by atoms with Crippen molar-refractivity contribution in [2.45, 2.75) is 19.3 Å². The zero-order valence-electron chi connectivity index (χ0n) is 10.4. The predicted molar refractivity (Wildman–Crippen MR) is 78.1 cm³/mol. The number of carbonyl (C=O) groups excluding carboxylic acids is 1. The lowest BCUT2D eigenvalue weighted by Gasteiger charge is -2.14. The normalized spacial score (nSPS) is 12.2. The van der Waals surface area contributed by atoms with E-state index in [0.29, 0.717) is 22.0 Å². The van der Waals surface area contributed by atoms with E-state index in [9.17, 15) is 4.79 Å². The van der Waals surface area contributed by atoms with Crippen molar-refractivity contribution in [3.63, 3.8) is 0 Å². The quantitative estimate of drug-likeness (QED) is 0.761. The molecule has 2 nitrogen and oxygen atoms in total. The molecule has 0 fully saturated rings. The molecule has 0 aliphatic heterocycles. The molecule has 1 unspecified atom stereocenters. The molecule has 1 aromatic heterocycles. The Hall–Kier alpha value is -1.38. The summed E-state index contributed by atoms with van der Waals surface area (Å²) in [5.74, 6) is -0.232. The van der Waals surface area contributed by atoms with Crippen LogP contribution in [0.3, 0.4) is 0 Å². The van der Waals surface area contributed by atoms with E-state index in [2.05, 4.69) is 4.98 Å². The lowest BCUT2D eigenvalue weighted by molar-refractivity contribution is 0.0957. The standard InChI is InChI=1S/C15H13Cl2NO/c1-2-12(10-4-3-7-18-9-10)15(19)13-6-5-11(16)8-14(13)17/h3-9,12H,2H2,1H3. The third kappa shape index (κ3) is 3.14. The van der Waals surface area contributed by atoms with Crippen LogP contribution >= 0.6 is 23.2 Å². The molecule has 0 radical (unpaired) electrons. The van der Waals surface area contributed by atoms with Crippen LogP contribution in [0.2, 0.25) is 10.0 Å². The molecule has 98 valence electrons. The molecule has 4 heteroatoms. The van der Waals surface area contributed by atoms with Gasteiger partial charge in [0.2, 0.25) is 0 Å². The van der Waals surface area contributed by atoms with Crippen LogP contribution in [0.5, 0.6) is 0 Å². The van der Waals surface area contributed by atoms with Crippen molar-refractivity contribution in [1.82, 2.24) is 4.98 Å². The molecule has 1 atom stereocenters. The Balaban J connectivity index is 2.36. The van der Waals surface area contributed by atoms with Crippen molar-refractivity contribution >= 4 is 29.0 Å². The second-order valence-electron chi connectivity index (χ2n) is 4.24. The van der Waals surface area contributed by atoms with Crippen LogP contribution < -0.4 is 0 Å². The van der Waals surface area contributed by atoms with Crippen molar-refractivity contribution in [2.24, 2.45) is 0 Å². The molecule has 0 aliphatic carbocycles. The Kier molecular flexibility index (Phi) is 4.56. The van der Waals surface area contributed by atoms with Crippen molar-refractivity contribution in [3.05, 3.63) is 63.9 Å². The number of aromatic nitrogens is 1. The largest absolute Gasteiger partial charge is 0.293 e. The molecule has 2 rings (SSSR count). The Labute approximate surface area is 122 Å². The molecule has 0 aliphatic rings. The van der Waals surface area contributed by atoms with Crippen LogP contribution in [0.4, 0.5) is 0 Å². The average Bonchev–Trinajstić information content (AvgIpc) is 2.40. The van der Waals surface area contributed by atoms with E-state index in [4.69, 9.17) is 23.2 Å². The van der Waals surface area contributed by atoms with E-state index in [0.717, 1.165) is 5.56 Å². The minimum atomic E-state index is -0.229. The van der Waals surface area contributed by atoms with Gasteiger partial charge >= 0.3 is 0 Å². The van der Waals surface area contributed by atoms with Crippen molar-refractivity contribution in [1.29, 1.82) is 0 Å². The highest BCUT2D eigenvalue weighted by Crippen LogP contribution is 2.28. The first kappa shape index (κ1) is 14.0. The molecule has 2 aromatic rings. The van der Waals surface area contributed by atoms with Crippen LogP contribution in [0.1, 0.15) is 35.2 Å². The van der Waals surface area contributed by atoms with E-state index >= 15 is 0 Å². The van der Waals surface area contributed by atoms with Gasteiger partial charge in [0.05, 0.1) is 5.02 Å². The maximum atomic E-state index is 12.6. The van der Waals surface area contributed by atoms with Gasteiger partial charge in [-0.3, -0.25) is 9.78 Å². The predicted octanol–water partition coefficient (Wildman–Crippen LogP) is 4.76. The van der Waals surface area contributed by atoms with Gasteiger partial charge in [-0.15, -0.1) is 0 Å². The number of nitrogens with zero attached hydrogens (tertiary/aromatic N) is 1. The Morgan fingerprint density at radius 1 is 1.32 bits per heavy atom. The highest BCUT2D eigenvalue weighted by Gasteiger charge is 2.22. The zero-order valence-corrected chi connectivity index (χ0v) is 11.9. The number of pyridine rings is 1. The Morgan fingerprint density at radius 3 is 2.68 bits per heavy atom. The maximum absolute atomic E-state index is 12.6. The molecule has 0 saturated carbocycles. The monoisotopic (exact) mass is 293 g/mol. The van der Waals surface area contributed by atoms with E-state index in [1.54, 1.807) is 30.6 Å². The van der Waals surface area contributed by atoms with Crippen LogP contribution in [0.25, 0.3) is 0 Å². The number of hydrogen-bond acceptors (Lipinski definition) is 2. The van der Waals surface area contributed by atoms with Crippen LogP contribution in [-0.2, 0) is 0 Å². The fraction of sp³-hybridized carbons (Fsp3) is 0.200. The second kappa shape index (κ2) is 6.18. The maximum Gasteiger partial charge on any atom is 0.171 e. The van der Waals surface area contributed by atoms with Crippen LogP contribution in [-0.4, -0.2) is 10.8 Å². The first-order chi connectivity index (χ1) is 9.13. The molecule has 1 heterocycles. The van der Waals surface area contributed by atoms with Gasteiger partial charge in [0.25, 0.3) is 0 Å². The van der Waals surface area contributed by atoms with Gasteiger partial charge in [-0.1, -0.05) is 36.2 Å². The number of benzene rings is 1. The van der Waals surface area contributed by atoms with E-state index < -0.39 is 0 Å². The molecule has 0 N–H and O–H groups in total. The third-order valence-corrected chi connectivity index (χ3v) is 3.56. The summed E-state index contributed by atoms with van der Waals surface area (Å²) in [7, 11) is 0. The molecule has 0 amide bonds. The van der Waals surface area contributed by atoms with Gasteiger partial charge in [0, 0.05) is 28.9 Å². The van der Waals surface area contributed by atoms with Gasteiger partial charge in [-0.2, -0.15) is 0 Å². The number of hydrogen-bond donors (Lipinski definition) is 0. The van der Waals surface area contributed by atoms with Crippen LogP contribution in [0.15, 0.2) is 42.7 Å². The zero-order chi connectivity index (χ0) is 13.8. The van der Waals surface area contributed by atoms with Crippen molar-refractivity contribution in [3.8, 4) is 0 Å². The summed E-state index contributed by atoms with van der Waals surface area (Å²) in [5.41, 5.74) is 1.41. The molecule has 19 heavy (non-hydrogen) atoms. The summed E-state index contributed by atoms with van der Waals surface area (Å²) in [6, 6.07) is 8.67. The summed E-state index contributed by atoms with van der Waals surface area (Å²) in [5, 5.41) is 0.913. The summed E-state index contributed by atoms with van der Waals surface area (Å²) in [6.07, 6.45) is 4.11. The molecular weight excluding hydrogens is 281 g/mol. The van der Waals surface area contributed by atoms with E-state index in [1.165, 1.54) is 0 Å². The fourth-order valence-electron chi connectivity index (χ4n) is 2.03. The summed E-state index contributed by atoms with van der Waals surface area (Å²) in [4.78, 5) is 16.6. The molecule has 1 aromatic carbocycles. The molecular formula is C15H13Cl2NO. The lowest BCUT2D eigenvalue weighted by Crippen LogP contribution is -2.13. The highest BCUT2D eigenvalue weighted by atomic mass is 35.5. The molecule has 0 bridgehead atoms. The summed E-state index contributed by atoms with van der Waals surface area (Å²) < 4.78 is 0. The van der Waals surface area contributed by atoms with E-state index in [-0.39, 0.29) is 11.7 Å². The first-order valence-corrected chi connectivity index (χ1v) is 6.78. The lowest BCUT2D eigenvalue weighted by atomic mass is 9.89. The topological polar surface area (TPSA) is 30.0 Å². The summed E-state index contributed by atoms with van der Waals surface area (Å²) in [6.45, 7) is 1.97. The molecule has 0 saturated heterocycles. The number of Topliss-reactive ketones (excluding diaryl/α,β-unsaturated/α-hetero) is 1. The van der Waals surface area contributed by atoms with Gasteiger partial charge < -0.3 is 0 Å². The van der Waals surface area contributed by atoms with Gasteiger partial charge in [-0.05, 0) is 36.2 Å². The van der Waals surface area contributed by atoms with Gasteiger partial charge in [0.1, 0.15) is 0 Å². The third-order valence-electron chi connectivity index (χ3n) is 3.01. The van der Waals surface area contributed by atoms with Crippen LogP contribution in [0, 0.1) is 0 Å². The minimum Gasteiger partial charge on any atom is -0.293 e. The molecule has 0 spiro atoms. The highest BCUT2D eigenvalue weighted by molar-refractivity contribution is 6.37. The smallest absolute Gasteiger partial charge is 0.171 e. The van der Waals surface area contributed by atoms with Crippen molar-refractivity contribution < 1.29 is 4.79 Å². The minimum absolute atomic E-state index is 0.00262. The number of rotatable bonds is 4. The average molecular weight is 294 g/mol. The summed E-state index contributed by atoms with van der Waals surface area (Å²) >= 11 is 11.9. The first-order valence-electron chi connectivity index (χ1n) is 6.02. The van der Waals surface area contributed by atoms with Crippen molar-refractivity contribution in [2.75, 3.05) is 0 Å².